The van der Waals surface area contributed by atoms with E-state index in [0.717, 1.165) is 13.0 Å². The van der Waals surface area contributed by atoms with Gasteiger partial charge in [0.15, 0.2) is 0 Å². The summed E-state index contributed by atoms with van der Waals surface area (Å²) in [7, 11) is 0. The lowest BCUT2D eigenvalue weighted by Crippen LogP contribution is -2.38. The molecule has 1 aromatic carbocycles. The third-order valence-electron chi connectivity index (χ3n) is 3.29. The molecule has 3 heteroatoms. The Morgan fingerprint density at radius 2 is 1.89 bits per heavy atom. The fourth-order valence-corrected chi connectivity index (χ4v) is 2.11. The molecule has 0 bridgehead atoms. The average Bonchev–Trinajstić information content (AvgIpc) is 2.34. The molecule has 0 aliphatic heterocycles. The first-order valence-corrected chi connectivity index (χ1v) is 6.55. The first-order chi connectivity index (χ1) is 8.54. The van der Waals surface area contributed by atoms with Crippen LogP contribution in [0.25, 0.3) is 0 Å². The van der Waals surface area contributed by atoms with Crippen LogP contribution in [0.1, 0.15) is 38.7 Å². The Bertz CT molecular complexity index is 362. The summed E-state index contributed by atoms with van der Waals surface area (Å²) in [5.41, 5.74) is 1.29. The number of carboxylic acids is 1. The minimum atomic E-state index is -0.758. The highest BCUT2D eigenvalue weighted by Gasteiger charge is 2.18. The number of nitrogens with zero attached hydrogens (tertiary/aromatic N) is 1. The van der Waals surface area contributed by atoms with Crippen molar-refractivity contribution in [1.29, 1.82) is 0 Å². The van der Waals surface area contributed by atoms with Crippen LogP contribution < -0.4 is 0 Å². The SMILES string of the molecule is CCC(CN(CC(=O)O)C(C)C)c1ccccc1. The number of carboxylic acid groups (broad SMARTS) is 1. The second-order valence-electron chi connectivity index (χ2n) is 4.93. The van der Waals surface area contributed by atoms with E-state index in [9.17, 15) is 4.79 Å². The van der Waals surface area contributed by atoms with Gasteiger partial charge in [-0.15, -0.1) is 0 Å². The minimum absolute atomic E-state index is 0.112. The van der Waals surface area contributed by atoms with Crippen molar-refractivity contribution in [3.63, 3.8) is 0 Å². The first-order valence-electron chi connectivity index (χ1n) is 6.55. The summed E-state index contributed by atoms with van der Waals surface area (Å²) in [4.78, 5) is 12.9. The number of carbonyl (C=O) groups is 1. The summed E-state index contributed by atoms with van der Waals surface area (Å²) in [6.45, 7) is 7.14. The summed E-state index contributed by atoms with van der Waals surface area (Å²) < 4.78 is 0. The highest BCUT2D eigenvalue weighted by atomic mass is 16.4. The molecule has 1 aromatic rings. The average molecular weight is 249 g/mol. The van der Waals surface area contributed by atoms with Gasteiger partial charge in [0.25, 0.3) is 0 Å². The lowest BCUT2D eigenvalue weighted by atomic mass is 9.95. The van der Waals surface area contributed by atoms with Gasteiger partial charge in [0.05, 0.1) is 6.54 Å². The third-order valence-corrected chi connectivity index (χ3v) is 3.29. The molecule has 0 aromatic heterocycles. The van der Waals surface area contributed by atoms with Crippen LogP contribution in [0.3, 0.4) is 0 Å². The van der Waals surface area contributed by atoms with Crippen LogP contribution in [0.15, 0.2) is 30.3 Å². The van der Waals surface area contributed by atoms with Gasteiger partial charge in [0.1, 0.15) is 0 Å². The van der Waals surface area contributed by atoms with E-state index >= 15 is 0 Å². The molecule has 0 fully saturated rings. The Hall–Kier alpha value is -1.35. The molecule has 0 spiro atoms. The molecule has 3 nitrogen and oxygen atoms in total. The van der Waals surface area contributed by atoms with Gasteiger partial charge in [0.2, 0.25) is 0 Å². The molecule has 1 unspecified atom stereocenters. The quantitative estimate of drug-likeness (QED) is 0.807. The lowest BCUT2D eigenvalue weighted by molar-refractivity contribution is -0.138. The number of hydrogen-bond donors (Lipinski definition) is 1. The molecular formula is C15H23NO2. The zero-order valence-electron chi connectivity index (χ0n) is 11.5. The molecule has 1 atom stereocenters. The molecule has 1 N–H and O–H groups in total. The summed E-state index contributed by atoms with van der Waals surface area (Å²) in [6, 6.07) is 10.6. The predicted octanol–water partition coefficient (Wildman–Crippen LogP) is 2.98. The van der Waals surface area contributed by atoms with Crippen LogP contribution in [0.5, 0.6) is 0 Å². The van der Waals surface area contributed by atoms with Crippen molar-refractivity contribution >= 4 is 5.97 Å². The first kappa shape index (κ1) is 14.7. The number of rotatable bonds is 7. The van der Waals surface area contributed by atoms with Crippen LogP contribution in [0, 0.1) is 0 Å². The molecule has 18 heavy (non-hydrogen) atoms. The van der Waals surface area contributed by atoms with Gasteiger partial charge >= 0.3 is 5.97 Å². The van der Waals surface area contributed by atoms with Gasteiger partial charge < -0.3 is 5.11 Å². The van der Waals surface area contributed by atoms with Gasteiger partial charge in [0, 0.05) is 12.6 Å². The monoisotopic (exact) mass is 249 g/mol. The number of aliphatic carboxylic acids is 1. The molecule has 0 saturated heterocycles. The largest absolute Gasteiger partial charge is 0.480 e. The van der Waals surface area contributed by atoms with Crippen molar-refractivity contribution in [2.75, 3.05) is 13.1 Å². The van der Waals surface area contributed by atoms with Gasteiger partial charge in [-0.25, -0.2) is 0 Å². The lowest BCUT2D eigenvalue weighted by Gasteiger charge is -2.29. The predicted molar refractivity (Wildman–Crippen MR) is 73.8 cm³/mol. The maximum absolute atomic E-state index is 10.9. The standard InChI is InChI=1S/C15H23NO2/c1-4-13(14-8-6-5-7-9-14)10-16(12(2)3)11-15(17)18/h5-9,12-13H,4,10-11H2,1-3H3,(H,17,18). The fraction of sp³-hybridized carbons (Fsp3) is 0.533. The second-order valence-corrected chi connectivity index (χ2v) is 4.93. The van der Waals surface area contributed by atoms with Crippen LogP contribution in [-0.2, 0) is 4.79 Å². The number of benzene rings is 1. The van der Waals surface area contributed by atoms with E-state index in [1.165, 1.54) is 5.56 Å². The van der Waals surface area contributed by atoms with E-state index in [4.69, 9.17) is 5.11 Å². The Morgan fingerprint density at radius 3 is 2.33 bits per heavy atom. The molecule has 0 saturated carbocycles. The summed E-state index contributed by atoms with van der Waals surface area (Å²) in [5, 5.41) is 8.95. The highest BCUT2D eigenvalue weighted by Crippen LogP contribution is 2.21. The molecule has 100 valence electrons. The van der Waals surface area contributed by atoms with E-state index in [-0.39, 0.29) is 12.6 Å². The highest BCUT2D eigenvalue weighted by molar-refractivity contribution is 5.69. The van der Waals surface area contributed by atoms with E-state index in [2.05, 4.69) is 19.1 Å². The Morgan fingerprint density at radius 1 is 1.28 bits per heavy atom. The topological polar surface area (TPSA) is 40.5 Å². The molecular weight excluding hydrogens is 226 g/mol. The van der Waals surface area contributed by atoms with Crippen molar-refractivity contribution in [2.24, 2.45) is 0 Å². The van der Waals surface area contributed by atoms with Crippen LogP contribution in [-0.4, -0.2) is 35.1 Å². The maximum atomic E-state index is 10.9. The van der Waals surface area contributed by atoms with Crippen LogP contribution >= 0.6 is 0 Å². The second kappa shape index (κ2) is 7.17. The fourth-order valence-electron chi connectivity index (χ4n) is 2.11. The summed E-state index contributed by atoms with van der Waals surface area (Å²) in [6.07, 6.45) is 1.02. The maximum Gasteiger partial charge on any atom is 0.317 e. The van der Waals surface area contributed by atoms with Gasteiger partial charge in [-0.3, -0.25) is 9.69 Å². The third kappa shape index (κ3) is 4.49. The summed E-state index contributed by atoms with van der Waals surface area (Å²) >= 11 is 0. The Balaban J connectivity index is 2.74. The number of hydrogen-bond acceptors (Lipinski definition) is 2. The molecule has 1 rings (SSSR count). The zero-order chi connectivity index (χ0) is 13.5. The van der Waals surface area contributed by atoms with Crippen molar-refractivity contribution < 1.29 is 9.90 Å². The summed E-state index contributed by atoms with van der Waals surface area (Å²) in [5.74, 6) is -0.362. The van der Waals surface area contributed by atoms with Gasteiger partial charge in [-0.2, -0.15) is 0 Å². The van der Waals surface area contributed by atoms with E-state index in [0.29, 0.717) is 5.92 Å². The van der Waals surface area contributed by atoms with E-state index in [1.54, 1.807) is 0 Å². The molecule has 0 aliphatic carbocycles. The minimum Gasteiger partial charge on any atom is -0.480 e. The van der Waals surface area contributed by atoms with E-state index < -0.39 is 5.97 Å². The normalized spacial score (nSPS) is 12.9. The zero-order valence-corrected chi connectivity index (χ0v) is 11.5. The van der Waals surface area contributed by atoms with Gasteiger partial charge in [-0.1, -0.05) is 37.3 Å². The Kier molecular flexibility index (Phi) is 5.86. The van der Waals surface area contributed by atoms with Crippen LogP contribution in [0.2, 0.25) is 0 Å². The van der Waals surface area contributed by atoms with Crippen molar-refractivity contribution in [3.05, 3.63) is 35.9 Å². The Labute approximate surface area is 109 Å². The molecule has 0 aliphatic rings. The van der Waals surface area contributed by atoms with Crippen molar-refractivity contribution in [1.82, 2.24) is 4.90 Å². The smallest absolute Gasteiger partial charge is 0.317 e. The van der Waals surface area contributed by atoms with Gasteiger partial charge in [-0.05, 0) is 31.7 Å². The molecule has 0 radical (unpaired) electrons. The van der Waals surface area contributed by atoms with E-state index in [1.807, 2.05) is 36.9 Å². The van der Waals surface area contributed by atoms with Crippen molar-refractivity contribution in [3.8, 4) is 0 Å². The molecule has 0 heterocycles. The van der Waals surface area contributed by atoms with Crippen molar-refractivity contribution in [2.45, 2.75) is 39.2 Å². The molecule has 0 amide bonds. The van der Waals surface area contributed by atoms with Crippen LogP contribution in [0.4, 0.5) is 0 Å².